The molecule has 3 heterocycles. The molecule has 9 heteroatoms. The van der Waals surface area contributed by atoms with E-state index in [4.69, 9.17) is 0 Å². The van der Waals surface area contributed by atoms with Gasteiger partial charge in [0.15, 0.2) is 0 Å². The minimum absolute atomic E-state index is 0.0726. The maximum Gasteiger partial charge on any atom is 0.274 e. The highest BCUT2D eigenvalue weighted by atomic mass is 19.1. The molecule has 0 saturated carbocycles. The number of halogens is 1. The molecule has 0 atom stereocenters. The molecule has 0 aliphatic carbocycles. The fourth-order valence-corrected chi connectivity index (χ4v) is 3.76. The van der Waals surface area contributed by atoms with Crippen LogP contribution in [0.1, 0.15) is 27.6 Å². The van der Waals surface area contributed by atoms with Crippen LogP contribution >= 0.6 is 0 Å². The van der Waals surface area contributed by atoms with Crippen LogP contribution in [0.2, 0.25) is 0 Å². The van der Waals surface area contributed by atoms with E-state index in [0.717, 1.165) is 28.0 Å². The highest BCUT2D eigenvalue weighted by Crippen LogP contribution is 2.27. The first-order valence-electron chi connectivity index (χ1n) is 10.9. The minimum atomic E-state index is -0.531. The van der Waals surface area contributed by atoms with Crippen molar-refractivity contribution in [1.29, 1.82) is 0 Å². The first-order valence-corrected chi connectivity index (χ1v) is 10.9. The average molecular weight is 468 g/mol. The van der Waals surface area contributed by atoms with Crippen LogP contribution in [0, 0.1) is 12.7 Å². The number of amides is 1. The molecule has 0 unspecified atom stereocenters. The van der Waals surface area contributed by atoms with Gasteiger partial charge >= 0.3 is 0 Å². The van der Waals surface area contributed by atoms with Gasteiger partial charge in [0, 0.05) is 30.0 Å². The number of nitrogens with zero attached hydrogens (tertiary/aromatic N) is 4. The first-order chi connectivity index (χ1) is 17.0. The van der Waals surface area contributed by atoms with Crippen molar-refractivity contribution in [3.63, 3.8) is 0 Å². The second-order valence-electron chi connectivity index (χ2n) is 8.03. The molecular weight excluding hydrogens is 445 g/mol. The summed E-state index contributed by atoms with van der Waals surface area (Å²) in [7, 11) is 1.67. The van der Waals surface area contributed by atoms with Crippen LogP contribution in [-0.2, 0) is 7.05 Å². The van der Waals surface area contributed by atoms with Gasteiger partial charge in [-0.05, 0) is 73.7 Å². The maximum absolute atomic E-state index is 14.4. The minimum Gasteiger partial charge on any atom is -0.355 e. The standard InChI is InChI=1S/C26H22FN7O/c1-16-13-25(34(2)33-16)26(35)30-24-15-19(7-10-21(24)27)29-18-6-9-20-22(31-32-23(20)14-18)11-8-17-5-3-4-12-28-17/h3-15,29H,1-2H3,(H,30,35)(H,31,32). The number of anilines is 3. The summed E-state index contributed by atoms with van der Waals surface area (Å²) in [5.41, 5.74) is 5.02. The molecule has 0 saturated heterocycles. The Balaban J connectivity index is 1.34. The summed E-state index contributed by atoms with van der Waals surface area (Å²) in [6, 6.07) is 17.6. The number of fused-ring (bicyclic) bond motifs is 1. The predicted molar refractivity (Wildman–Crippen MR) is 135 cm³/mol. The summed E-state index contributed by atoms with van der Waals surface area (Å²) in [5, 5.41) is 18.4. The number of aryl methyl sites for hydroxylation is 2. The summed E-state index contributed by atoms with van der Waals surface area (Å²) >= 11 is 0. The number of H-pyrrole nitrogens is 1. The van der Waals surface area contributed by atoms with Crippen LogP contribution in [0.15, 0.2) is 66.9 Å². The van der Waals surface area contributed by atoms with E-state index >= 15 is 0 Å². The van der Waals surface area contributed by atoms with Gasteiger partial charge < -0.3 is 10.6 Å². The number of aromatic amines is 1. The van der Waals surface area contributed by atoms with Gasteiger partial charge in [-0.15, -0.1) is 0 Å². The molecule has 35 heavy (non-hydrogen) atoms. The van der Waals surface area contributed by atoms with Gasteiger partial charge in [0.1, 0.15) is 11.5 Å². The Hall–Kier alpha value is -4.79. The molecule has 1 amide bonds. The Morgan fingerprint density at radius 1 is 1.06 bits per heavy atom. The summed E-state index contributed by atoms with van der Waals surface area (Å²) in [6.07, 6.45) is 5.56. The van der Waals surface area contributed by atoms with Crippen molar-refractivity contribution in [3.05, 3.63) is 95.5 Å². The van der Waals surface area contributed by atoms with Crippen LogP contribution in [0.3, 0.4) is 0 Å². The Kier molecular flexibility index (Phi) is 5.80. The fraction of sp³-hybridized carbons (Fsp3) is 0.0769. The zero-order valence-corrected chi connectivity index (χ0v) is 19.1. The number of hydrogen-bond donors (Lipinski definition) is 3. The number of nitrogens with one attached hydrogen (secondary N) is 3. The molecule has 0 fully saturated rings. The van der Waals surface area contributed by atoms with Crippen LogP contribution in [0.4, 0.5) is 21.5 Å². The Bertz CT molecular complexity index is 1550. The zero-order chi connectivity index (χ0) is 24.4. The molecular formula is C26H22FN7O. The zero-order valence-electron chi connectivity index (χ0n) is 19.1. The molecule has 8 nitrogen and oxygen atoms in total. The van der Waals surface area contributed by atoms with Crippen molar-refractivity contribution in [2.75, 3.05) is 10.6 Å². The van der Waals surface area contributed by atoms with E-state index in [9.17, 15) is 9.18 Å². The number of carbonyl (C=O) groups excluding carboxylic acids is 1. The molecule has 0 spiro atoms. The van der Waals surface area contributed by atoms with E-state index < -0.39 is 11.7 Å². The number of benzene rings is 2. The van der Waals surface area contributed by atoms with Gasteiger partial charge in [0.05, 0.1) is 28.3 Å². The van der Waals surface area contributed by atoms with Crippen molar-refractivity contribution in [2.24, 2.45) is 7.05 Å². The van der Waals surface area contributed by atoms with Gasteiger partial charge in [-0.25, -0.2) is 4.39 Å². The topological polar surface area (TPSA) is 101 Å². The number of pyridine rings is 1. The monoisotopic (exact) mass is 467 g/mol. The average Bonchev–Trinajstić information content (AvgIpc) is 3.42. The normalized spacial score (nSPS) is 11.3. The van der Waals surface area contributed by atoms with Gasteiger partial charge in [0.2, 0.25) is 0 Å². The molecule has 0 radical (unpaired) electrons. The van der Waals surface area contributed by atoms with Crippen molar-refractivity contribution in [3.8, 4) is 0 Å². The smallest absolute Gasteiger partial charge is 0.274 e. The summed E-state index contributed by atoms with van der Waals surface area (Å²) < 4.78 is 15.9. The van der Waals surface area contributed by atoms with E-state index in [1.807, 2.05) is 48.6 Å². The van der Waals surface area contributed by atoms with Crippen LogP contribution in [-0.4, -0.2) is 30.9 Å². The highest BCUT2D eigenvalue weighted by Gasteiger charge is 2.15. The van der Waals surface area contributed by atoms with E-state index in [1.165, 1.54) is 10.7 Å². The van der Waals surface area contributed by atoms with E-state index in [-0.39, 0.29) is 5.69 Å². The molecule has 2 aromatic carbocycles. The molecule has 3 aromatic heterocycles. The van der Waals surface area contributed by atoms with Gasteiger partial charge in [-0.2, -0.15) is 10.2 Å². The second-order valence-corrected chi connectivity index (χ2v) is 8.03. The number of aromatic nitrogens is 5. The van der Waals surface area contributed by atoms with Crippen LogP contribution in [0.25, 0.3) is 23.1 Å². The predicted octanol–water partition coefficient (Wildman–Crippen LogP) is 5.31. The van der Waals surface area contributed by atoms with Gasteiger partial charge in [0.25, 0.3) is 5.91 Å². The number of hydrogen-bond acceptors (Lipinski definition) is 5. The third-order valence-electron chi connectivity index (χ3n) is 5.43. The molecule has 0 aliphatic heterocycles. The van der Waals surface area contributed by atoms with Crippen molar-refractivity contribution < 1.29 is 9.18 Å². The summed E-state index contributed by atoms with van der Waals surface area (Å²) in [4.78, 5) is 16.9. The number of carbonyl (C=O) groups is 1. The Morgan fingerprint density at radius 2 is 1.89 bits per heavy atom. The molecule has 3 N–H and O–H groups in total. The largest absolute Gasteiger partial charge is 0.355 e. The van der Waals surface area contributed by atoms with E-state index in [1.54, 1.807) is 38.4 Å². The van der Waals surface area contributed by atoms with E-state index in [0.29, 0.717) is 17.1 Å². The SMILES string of the molecule is Cc1cc(C(=O)Nc2cc(Nc3ccc4c(C=Cc5ccccn5)n[nH]c4c3)ccc2F)n(C)n1. The quantitative estimate of drug-likeness (QED) is 0.314. The number of rotatable bonds is 6. The lowest BCUT2D eigenvalue weighted by Gasteiger charge is -2.11. The molecule has 0 aliphatic rings. The molecule has 0 bridgehead atoms. The third-order valence-corrected chi connectivity index (χ3v) is 5.43. The molecule has 5 rings (SSSR count). The highest BCUT2D eigenvalue weighted by molar-refractivity contribution is 6.03. The molecule has 174 valence electrons. The second kappa shape index (κ2) is 9.22. The van der Waals surface area contributed by atoms with Crippen LogP contribution in [0.5, 0.6) is 0 Å². The fourth-order valence-electron chi connectivity index (χ4n) is 3.76. The van der Waals surface area contributed by atoms with Gasteiger partial charge in [-0.3, -0.25) is 19.6 Å². The lowest BCUT2D eigenvalue weighted by molar-refractivity contribution is 0.101. The molecule has 5 aromatic rings. The van der Waals surface area contributed by atoms with Crippen molar-refractivity contribution in [2.45, 2.75) is 6.92 Å². The van der Waals surface area contributed by atoms with Crippen molar-refractivity contribution in [1.82, 2.24) is 25.0 Å². The lowest BCUT2D eigenvalue weighted by Crippen LogP contribution is -2.17. The summed E-state index contributed by atoms with van der Waals surface area (Å²) in [6.45, 7) is 1.79. The van der Waals surface area contributed by atoms with E-state index in [2.05, 4.69) is 30.9 Å². The summed E-state index contributed by atoms with van der Waals surface area (Å²) in [5.74, 6) is -0.967. The maximum atomic E-state index is 14.4. The Labute approximate surface area is 200 Å². The first kappa shape index (κ1) is 22.0. The van der Waals surface area contributed by atoms with Crippen molar-refractivity contribution >= 4 is 46.0 Å². The third kappa shape index (κ3) is 4.79. The van der Waals surface area contributed by atoms with Crippen LogP contribution < -0.4 is 10.6 Å². The lowest BCUT2D eigenvalue weighted by atomic mass is 10.1. The Morgan fingerprint density at radius 3 is 2.66 bits per heavy atom. The van der Waals surface area contributed by atoms with Gasteiger partial charge in [-0.1, -0.05) is 6.07 Å².